The second-order valence-corrected chi connectivity index (χ2v) is 7.00. The minimum absolute atomic E-state index is 0.0675. The largest absolute Gasteiger partial charge is 0.490 e. The Hall–Kier alpha value is -1.85. The Kier molecular flexibility index (Phi) is 7.28. The van der Waals surface area contributed by atoms with Crippen molar-refractivity contribution in [3.63, 3.8) is 0 Å². The topological polar surface area (TPSA) is 59.4 Å². The fourth-order valence-electron chi connectivity index (χ4n) is 2.15. The van der Waals surface area contributed by atoms with Gasteiger partial charge in [-0.3, -0.25) is 4.79 Å². The molecular formula is C19H23NO3S. The van der Waals surface area contributed by atoms with E-state index in [4.69, 9.17) is 4.74 Å². The van der Waals surface area contributed by atoms with Gasteiger partial charge in [0, 0.05) is 18.4 Å². The lowest BCUT2D eigenvalue weighted by Crippen LogP contribution is -2.21. The summed E-state index contributed by atoms with van der Waals surface area (Å²) in [5, 5.41) is 11.0. The molecule has 5 heteroatoms. The lowest BCUT2D eigenvalue weighted by Gasteiger charge is -2.14. The standard InChI is InChI=1S/C19H23NO3S/c1-14(2)11-17(22)16-7-3-4-8-18(16)23-12-15(21)13-24-19-9-5-6-10-20-19/h3-10,14-15,21H,11-13H2,1-2H3. The second kappa shape index (κ2) is 9.45. The van der Waals surface area contributed by atoms with E-state index in [1.165, 1.54) is 11.8 Å². The van der Waals surface area contributed by atoms with E-state index in [2.05, 4.69) is 4.98 Å². The van der Waals surface area contributed by atoms with Crippen LogP contribution in [0, 0.1) is 5.92 Å². The number of thioether (sulfide) groups is 1. The van der Waals surface area contributed by atoms with E-state index >= 15 is 0 Å². The molecule has 128 valence electrons. The number of ketones is 1. The fourth-order valence-corrected chi connectivity index (χ4v) is 2.92. The van der Waals surface area contributed by atoms with Crippen molar-refractivity contribution in [2.45, 2.75) is 31.4 Å². The van der Waals surface area contributed by atoms with Crippen LogP contribution in [-0.2, 0) is 0 Å². The molecular weight excluding hydrogens is 322 g/mol. The van der Waals surface area contributed by atoms with E-state index in [-0.39, 0.29) is 12.4 Å². The van der Waals surface area contributed by atoms with Gasteiger partial charge in [-0.25, -0.2) is 4.98 Å². The summed E-state index contributed by atoms with van der Waals surface area (Å²) in [5.74, 6) is 1.38. The first-order chi connectivity index (χ1) is 11.6. The number of rotatable bonds is 9. The quantitative estimate of drug-likeness (QED) is 0.553. The average molecular weight is 345 g/mol. The number of para-hydroxylation sites is 1. The molecule has 2 aromatic rings. The van der Waals surface area contributed by atoms with E-state index in [9.17, 15) is 9.90 Å². The van der Waals surface area contributed by atoms with Gasteiger partial charge in [-0.15, -0.1) is 11.8 Å². The van der Waals surface area contributed by atoms with Crippen molar-refractivity contribution in [3.05, 3.63) is 54.2 Å². The first-order valence-corrected chi connectivity index (χ1v) is 9.01. The number of hydrogen-bond acceptors (Lipinski definition) is 5. The van der Waals surface area contributed by atoms with Crippen molar-refractivity contribution in [3.8, 4) is 5.75 Å². The van der Waals surface area contributed by atoms with Crippen molar-refractivity contribution in [2.24, 2.45) is 5.92 Å². The molecule has 1 atom stereocenters. The first kappa shape index (κ1) is 18.5. The van der Waals surface area contributed by atoms with Crippen molar-refractivity contribution >= 4 is 17.5 Å². The normalized spacial score (nSPS) is 12.2. The van der Waals surface area contributed by atoms with Crippen LogP contribution in [0.1, 0.15) is 30.6 Å². The van der Waals surface area contributed by atoms with Gasteiger partial charge in [0.1, 0.15) is 12.4 Å². The van der Waals surface area contributed by atoms with Crippen LogP contribution in [0.2, 0.25) is 0 Å². The second-order valence-electron chi connectivity index (χ2n) is 5.96. The molecule has 0 amide bonds. The number of carbonyl (C=O) groups excluding carboxylic acids is 1. The van der Waals surface area contributed by atoms with Gasteiger partial charge in [-0.05, 0) is 30.2 Å². The van der Waals surface area contributed by atoms with Crippen molar-refractivity contribution in [2.75, 3.05) is 12.4 Å². The van der Waals surface area contributed by atoms with Crippen LogP contribution in [0.15, 0.2) is 53.7 Å². The molecule has 0 bridgehead atoms. The lowest BCUT2D eigenvalue weighted by atomic mass is 10.0. The Morgan fingerprint density at radius 3 is 2.67 bits per heavy atom. The molecule has 0 saturated heterocycles. The van der Waals surface area contributed by atoms with Gasteiger partial charge in [0.2, 0.25) is 0 Å². The molecule has 0 saturated carbocycles. The van der Waals surface area contributed by atoms with E-state index < -0.39 is 6.10 Å². The number of hydrogen-bond donors (Lipinski definition) is 1. The maximum atomic E-state index is 12.3. The summed E-state index contributed by atoms with van der Waals surface area (Å²) >= 11 is 1.47. The number of ether oxygens (including phenoxy) is 1. The Morgan fingerprint density at radius 1 is 1.21 bits per heavy atom. The van der Waals surface area contributed by atoms with Crippen LogP contribution in [0.3, 0.4) is 0 Å². The van der Waals surface area contributed by atoms with E-state index in [1.54, 1.807) is 18.3 Å². The van der Waals surface area contributed by atoms with Crippen LogP contribution in [0.5, 0.6) is 5.75 Å². The molecule has 0 aliphatic carbocycles. The Balaban J connectivity index is 1.88. The van der Waals surface area contributed by atoms with E-state index in [1.807, 2.05) is 44.2 Å². The van der Waals surface area contributed by atoms with Gasteiger partial charge in [0.15, 0.2) is 5.78 Å². The molecule has 0 radical (unpaired) electrons. The predicted octanol–water partition coefficient (Wildman–Crippen LogP) is 3.84. The van der Waals surface area contributed by atoms with Gasteiger partial charge >= 0.3 is 0 Å². The van der Waals surface area contributed by atoms with Crippen molar-refractivity contribution in [1.82, 2.24) is 4.98 Å². The summed E-state index contributed by atoms with van der Waals surface area (Å²) in [7, 11) is 0. The molecule has 0 aliphatic rings. The Morgan fingerprint density at radius 2 is 1.96 bits per heavy atom. The number of benzene rings is 1. The van der Waals surface area contributed by atoms with Crippen LogP contribution in [0.4, 0.5) is 0 Å². The summed E-state index contributed by atoms with van der Waals surface area (Å²) < 4.78 is 5.69. The highest BCUT2D eigenvalue weighted by Crippen LogP contribution is 2.22. The first-order valence-electron chi connectivity index (χ1n) is 8.03. The zero-order valence-electron chi connectivity index (χ0n) is 14.0. The molecule has 1 aromatic carbocycles. The number of nitrogens with zero attached hydrogens (tertiary/aromatic N) is 1. The van der Waals surface area contributed by atoms with Crippen LogP contribution >= 0.6 is 11.8 Å². The summed E-state index contributed by atoms with van der Waals surface area (Å²) in [6, 6.07) is 12.9. The smallest absolute Gasteiger partial charge is 0.166 e. The zero-order chi connectivity index (χ0) is 17.4. The summed E-state index contributed by atoms with van der Waals surface area (Å²) in [4.78, 5) is 16.5. The number of aromatic nitrogens is 1. The average Bonchev–Trinajstić information content (AvgIpc) is 2.58. The third kappa shape index (κ3) is 5.98. The Labute approximate surface area is 147 Å². The van der Waals surface area contributed by atoms with Crippen LogP contribution < -0.4 is 4.74 Å². The number of Topliss-reactive ketones (excluding diaryl/α,β-unsaturated/α-hetero) is 1. The maximum absolute atomic E-state index is 12.3. The predicted molar refractivity (Wildman–Crippen MR) is 96.7 cm³/mol. The molecule has 0 fully saturated rings. The highest BCUT2D eigenvalue weighted by atomic mass is 32.2. The summed E-state index contributed by atoms with van der Waals surface area (Å²) in [6.07, 6.45) is 1.57. The highest BCUT2D eigenvalue weighted by molar-refractivity contribution is 7.99. The molecule has 0 spiro atoms. The third-order valence-electron chi connectivity index (χ3n) is 3.27. The van der Waals surface area contributed by atoms with Gasteiger partial charge in [0.05, 0.1) is 16.7 Å². The maximum Gasteiger partial charge on any atom is 0.166 e. The number of pyridine rings is 1. The monoisotopic (exact) mass is 345 g/mol. The summed E-state index contributed by atoms with van der Waals surface area (Å²) in [6.45, 7) is 4.17. The van der Waals surface area contributed by atoms with Gasteiger partial charge in [-0.1, -0.05) is 32.0 Å². The molecule has 4 nitrogen and oxygen atoms in total. The van der Waals surface area contributed by atoms with Gasteiger partial charge < -0.3 is 9.84 Å². The van der Waals surface area contributed by atoms with Gasteiger partial charge in [0.25, 0.3) is 0 Å². The number of aliphatic hydroxyl groups is 1. The fraction of sp³-hybridized carbons (Fsp3) is 0.368. The molecule has 2 rings (SSSR count). The van der Waals surface area contributed by atoms with Crippen LogP contribution in [0.25, 0.3) is 0 Å². The summed E-state index contributed by atoms with van der Waals surface area (Å²) in [5.41, 5.74) is 0.579. The SMILES string of the molecule is CC(C)CC(=O)c1ccccc1OCC(O)CSc1ccccn1. The minimum atomic E-state index is -0.634. The van der Waals surface area contributed by atoms with Crippen LogP contribution in [-0.4, -0.2) is 34.3 Å². The molecule has 1 N–H and O–H groups in total. The van der Waals surface area contributed by atoms with E-state index in [0.717, 1.165) is 5.03 Å². The lowest BCUT2D eigenvalue weighted by molar-refractivity contribution is 0.0953. The van der Waals surface area contributed by atoms with Crippen molar-refractivity contribution in [1.29, 1.82) is 0 Å². The number of aliphatic hydroxyl groups excluding tert-OH is 1. The van der Waals surface area contributed by atoms with E-state index in [0.29, 0.717) is 29.4 Å². The Bertz CT molecular complexity index is 646. The molecule has 1 heterocycles. The molecule has 1 unspecified atom stereocenters. The third-order valence-corrected chi connectivity index (χ3v) is 4.36. The molecule has 1 aromatic heterocycles. The van der Waals surface area contributed by atoms with Gasteiger partial charge in [-0.2, -0.15) is 0 Å². The van der Waals surface area contributed by atoms with Crippen molar-refractivity contribution < 1.29 is 14.6 Å². The number of carbonyl (C=O) groups is 1. The molecule has 0 aliphatic heterocycles. The molecule has 24 heavy (non-hydrogen) atoms. The minimum Gasteiger partial charge on any atom is -0.490 e. The highest BCUT2D eigenvalue weighted by Gasteiger charge is 2.15. The zero-order valence-corrected chi connectivity index (χ0v) is 14.8.